The number of benzene rings is 2. The molecule has 0 fully saturated rings. The first-order valence-electron chi connectivity index (χ1n) is 9.29. The summed E-state index contributed by atoms with van der Waals surface area (Å²) in [6.45, 7) is 14.5. The van der Waals surface area contributed by atoms with Gasteiger partial charge in [0.05, 0.1) is 5.41 Å². The van der Waals surface area contributed by atoms with Gasteiger partial charge in [-0.25, -0.2) is 0 Å². The minimum Gasteiger partial charge on any atom is -0.454 e. The van der Waals surface area contributed by atoms with Gasteiger partial charge in [0.15, 0.2) is 0 Å². The highest BCUT2D eigenvalue weighted by Crippen LogP contribution is 2.38. The molecule has 0 saturated carbocycles. The quantitative estimate of drug-likeness (QED) is 0.575. The van der Waals surface area contributed by atoms with E-state index in [1.165, 1.54) is 5.39 Å². The van der Waals surface area contributed by atoms with Crippen LogP contribution in [0, 0.1) is 17.3 Å². The van der Waals surface area contributed by atoms with E-state index in [4.69, 9.17) is 4.74 Å². The predicted molar refractivity (Wildman–Crippen MR) is 105 cm³/mol. The maximum atomic E-state index is 13.1. The average Bonchev–Trinajstić information content (AvgIpc) is 2.53. The van der Waals surface area contributed by atoms with E-state index in [0.29, 0.717) is 5.92 Å². The molecule has 0 amide bonds. The highest BCUT2D eigenvalue weighted by atomic mass is 16.6. The van der Waals surface area contributed by atoms with Crippen molar-refractivity contribution < 1.29 is 9.53 Å². The largest absolute Gasteiger partial charge is 0.454 e. The van der Waals surface area contributed by atoms with Gasteiger partial charge in [0.2, 0.25) is 0 Å². The number of hydrogen-bond donors (Lipinski definition) is 0. The highest BCUT2D eigenvalue weighted by molar-refractivity contribution is 5.83. The topological polar surface area (TPSA) is 26.3 Å². The standard InChI is InChI=1S/C23H32O2/c1-16(2)15-23(7,17(3)4)21(24)25-22(5,6)20-13-12-18-10-8-9-11-19(18)14-20/h8-14,16-17H,15H2,1-7H3. The molecule has 2 aromatic rings. The molecule has 0 radical (unpaired) electrons. The highest BCUT2D eigenvalue weighted by Gasteiger charge is 2.41. The zero-order valence-corrected chi connectivity index (χ0v) is 16.7. The Kier molecular flexibility index (Phi) is 5.61. The zero-order valence-electron chi connectivity index (χ0n) is 16.7. The molecular weight excluding hydrogens is 308 g/mol. The van der Waals surface area contributed by atoms with Gasteiger partial charge in [-0.1, -0.05) is 64.1 Å². The summed E-state index contributed by atoms with van der Waals surface area (Å²) in [5.74, 6) is 0.577. The second kappa shape index (κ2) is 7.19. The first-order valence-corrected chi connectivity index (χ1v) is 9.29. The predicted octanol–water partition coefficient (Wildman–Crippen LogP) is 6.33. The molecule has 0 heterocycles. The van der Waals surface area contributed by atoms with Crippen molar-refractivity contribution in [1.82, 2.24) is 0 Å². The van der Waals surface area contributed by atoms with Crippen LogP contribution in [0.5, 0.6) is 0 Å². The maximum Gasteiger partial charge on any atom is 0.312 e. The molecule has 1 atom stereocenters. The van der Waals surface area contributed by atoms with Crippen LogP contribution in [0.2, 0.25) is 0 Å². The van der Waals surface area contributed by atoms with Crippen LogP contribution in [0.3, 0.4) is 0 Å². The number of carbonyl (C=O) groups excluding carboxylic acids is 1. The van der Waals surface area contributed by atoms with Crippen molar-refractivity contribution in [1.29, 1.82) is 0 Å². The average molecular weight is 341 g/mol. The smallest absolute Gasteiger partial charge is 0.312 e. The summed E-state index contributed by atoms with van der Waals surface area (Å²) in [5.41, 5.74) is -0.105. The van der Waals surface area contributed by atoms with Crippen LogP contribution in [-0.2, 0) is 15.1 Å². The second-order valence-electron chi connectivity index (χ2n) is 8.63. The minimum absolute atomic E-state index is 0.102. The molecule has 0 N–H and O–H groups in total. The number of rotatable bonds is 6. The fraction of sp³-hybridized carbons (Fsp3) is 0.522. The second-order valence-corrected chi connectivity index (χ2v) is 8.63. The maximum absolute atomic E-state index is 13.1. The summed E-state index contributed by atoms with van der Waals surface area (Å²) in [4.78, 5) is 13.1. The third kappa shape index (κ3) is 4.23. The molecule has 0 aliphatic carbocycles. The normalized spacial score (nSPS) is 14.8. The summed E-state index contributed by atoms with van der Waals surface area (Å²) in [6, 6.07) is 14.5. The summed E-state index contributed by atoms with van der Waals surface area (Å²) < 4.78 is 6.06. The van der Waals surface area contributed by atoms with E-state index in [1.54, 1.807) is 0 Å². The van der Waals surface area contributed by atoms with Gasteiger partial charge in [-0.15, -0.1) is 0 Å². The lowest BCUT2D eigenvalue weighted by atomic mass is 9.73. The van der Waals surface area contributed by atoms with E-state index in [9.17, 15) is 4.79 Å². The lowest BCUT2D eigenvalue weighted by Gasteiger charge is -2.37. The van der Waals surface area contributed by atoms with E-state index < -0.39 is 11.0 Å². The first kappa shape index (κ1) is 19.5. The fourth-order valence-electron chi connectivity index (χ4n) is 3.37. The van der Waals surface area contributed by atoms with E-state index in [-0.39, 0.29) is 11.9 Å². The van der Waals surface area contributed by atoms with Crippen molar-refractivity contribution in [3.8, 4) is 0 Å². The first-order chi connectivity index (χ1) is 11.6. The number of carbonyl (C=O) groups is 1. The van der Waals surface area contributed by atoms with E-state index in [2.05, 4.69) is 58.0 Å². The zero-order chi connectivity index (χ0) is 18.8. The Balaban J connectivity index is 2.30. The molecule has 2 heteroatoms. The van der Waals surface area contributed by atoms with Crippen molar-refractivity contribution in [2.75, 3.05) is 0 Å². The van der Waals surface area contributed by atoms with Crippen molar-refractivity contribution in [2.45, 2.75) is 60.5 Å². The molecule has 136 valence electrons. The third-order valence-corrected chi connectivity index (χ3v) is 5.37. The van der Waals surface area contributed by atoms with Crippen LogP contribution in [0.1, 0.15) is 60.5 Å². The van der Waals surface area contributed by atoms with Crippen LogP contribution in [0.4, 0.5) is 0 Å². The Hall–Kier alpha value is -1.83. The van der Waals surface area contributed by atoms with Crippen LogP contribution in [-0.4, -0.2) is 5.97 Å². The van der Waals surface area contributed by atoms with Crippen LogP contribution >= 0.6 is 0 Å². The third-order valence-electron chi connectivity index (χ3n) is 5.37. The molecule has 0 bridgehead atoms. The number of hydrogen-bond acceptors (Lipinski definition) is 2. The van der Waals surface area contributed by atoms with Gasteiger partial charge in [0.25, 0.3) is 0 Å². The Morgan fingerprint density at radius 2 is 1.56 bits per heavy atom. The van der Waals surface area contributed by atoms with E-state index >= 15 is 0 Å². The van der Waals surface area contributed by atoms with Crippen LogP contribution in [0.15, 0.2) is 42.5 Å². The van der Waals surface area contributed by atoms with Gasteiger partial charge in [0, 0.05) is 0 Å². The summed E-state index contributed by atoms with van der Waals surface area (Å²) in [6.07, 6.45) is 0.831. The molecule has 0 spiro atoms. The monoisotopic (exact) mass is 340 g/mol. The van der Waals surface area contributed by atoms with Crippen molar-refractivity contribution in [2.24, 2.45) is 17.3 Å². The molecule has 2 aromatic carbocycles. The van der Waals surface area contributed by atoms with Crippen molar-refractivity contribution >= 4 is 16.7 Å². The SMILES string of the molecule is CC(C)CC(C)(C(=O)OC(C)(C)c1ccc2ccccc2c1)C(C)C. The van der Waals surface area contributed by atoms with Gasteiger partial charge >= 0.3 is 5.97 Å². The molecule has 2 nitrogen and oxygen atoms in total. The fourth-order valence-corrected chi connectivity index (χ4v) is 3.37. The molecule has 0 saturated heterocycles. The lowest BCUT2D eigenvalue weighted by molar-refractivity contribution is -0.173. The lowest BCUT2D eigenvalue weighted by Crippen LogP contribution is -2.40. The molecular formula is C23H32O2. The number of fused-ring (bicyclic) bond motifs is 1. The Morgan fingerprint density at radius 1 is 0.960 bits per heavy atom. The van der Waals surface area contributed by atoms with E-state index in [0.717, 1.165) is 17.4 Å². The van der Waals surface area contributed by atoms with Gasteiger partial charge < -0.3 is 4.74 Å². The van der Waals surface area contributed by atoms with Crippen LogP contribution in [0.25, 0.3) is 10.8 Å². The number of esters is 1. The number of ether oxygens (including phenoxy) is 1. The Morgan fingerprint density at radius 3 is 2.12 bits per heavy atom. The van der Waals surface area contributed by atoms with Gasteiger partial charge in [-0.2, -0.15) is 0 Å². The minimum atomic E-state index is -0.658. The Bertz CT molecular complexity index is 743. The molecule has 2 rings (SSSR count). The van der Waals surface area contributed by atoms with Gasteiger partial charge in [0.1, 0.15) is 5.60 Å². The molecule has 1 unspecified atom stereocenters. The molecule has 0 aliphatic rings. The molecule has 0 aliphatic heterocycles. The summed E-state index contributed by atoms with van der Waals surface area (Å²) >= 11 is 0. The van der Waals surface area contributed by atoms with Gasteiger partial charge in [-0.05, 0) is 61.4 Å². The summed E-state index contributed by atoms with van der Waals surface area (Å²) in [5, 5.41) is 2.36. The summed E-state index contributed by atoms with van der Waals surface area (Å²) in [7, 11) is 0. The van der Waals surface area contributed by atoms with E-state index in [1.807, 2.05) is 32.9 Å². The van der Waals surface area contributed by atoms with Crippen molar-refractivity contribution in [3.05, 3.63) is 48.0 Å². The molecule has 25 heavy (non-hydrogen) atoms. The Labute approximate surface area is 152 Å². The van der Waals surface area contributed by atoms with Crippen LogP contribution < -0.4 is 0 Å². The van der Waals surface area contributed by atoms with Gasteiger partial charge in [-0.3, -0.25) is 4.79 Å². The molecule has 0 aromatic heterocycles. The van der Waals surface area contributed by atoms with Crippen molar-refractivity contribution in [3.63, 3.8) is 0 Å².